The zero-order chi connectivity index (χ0) is 13.1. The van der Waals surface area contributed by atoms with E-state index in [0.717, 1.165) is 35.4 Å². The van der Waals surface area contributed by atoms with E-state index in [2.05, 4.69) is 23.3 Å². The summed E-state index contributed by atoms with van der Waals surface area (Å²) in [6, 6.07) is 5.51. The van der Waals surface area contributed by atoms with Gasteiger partial charge in [-0.15, -0.1) is 12.6 Å². The molecule has 0 radical (unpaired) electrons. The molecule has 2 rings (SSSR count). The van der Waals surface area contributed by atoms with E-state index in [1.807, 2.05) is 12.1 Å². The van der Waals surface area contributed by atoms with Crippen LogP contribution in [-0.2, 0) is 9.59 Å². The summed E-state index contributed by atoms with van der Waals surface area (Å²) in [7, 11) is 0. The number of amides is 1. The lowest BCUT2D eigenvalue weighted by Gasteiger charge is -2.18. The minimum atomic E-state index is -0.112. The first-order valence-corrected chi connectivity index (χ1v) is 6.35. The molecular weight excluding hydrogens is 248 g/mol. The van der Waals surface area contributed by atoms with E-state index in [9.17, 15) is 9.59 Å². The first-order valence-electron chi connectivity index (χ1n) is 5.91. The van der Waals surface area contributed by atoms with Crippen molar-refractivity contribution >= 4 is 30.5 Å². The van der Waals surface area contributed by atoms with Crippen molar-refractivity contribution in [3.63, 3.8) is 0 Å². The molecule has 1 aliphatic heterocycles. The van der Waals surface area contributed by atoms with Crippen LogP contribution < -0.4 is 10.6 Å². The molecule has 1 amide bonds. The molecule has 0 spiro atoms. The third kappa shape index (κ3) is 2.73. The van der Waals surface area contributed by atoms with Crippen molar-refractivity contribution in [2.45, 2.75) is 24.3 Å². The van der Waals surface area contributed by atoms with Gasteiger partial charge >= 0.3 is 0 Å². The van der Waals surface area contributed by atoms with E-state index in [4.69, 9.17) is 0 Å². The fraction of sp³-hybridized carbons (Fsp3) is 0.385. The van der Waals surface area contributed by atoms with Gasteiger partial charge in [0.1, 0.15) is 6.29 Å². The molecule has 1 aliphatic rings. The lowest BCUT2D eigenvalue weighted by Crippen LogP contribution is -2.19. The van der Waals surface area contributed by atoms with Crippen LogP contribution in [0, 0.1) is 5.92 Å². The largest absolute Gasteiger partial charge is 0.326 e. The number of thiol groups is 1. The number of hydrogen-bond donors (Lipinski definition) is 3. The van der Waals surface area contributed by atoms with Crippen LogP contribution in [0.15, 0.2) is 23.1 Å². The molecule has 18 heavy (non-hydrogen) atoms. The van der Waals surface area contributed by atoms with E-state index in [1.54, 1.807) is 6.07 Å². The molecule has 1 saturated heterocycles. The summed E-state index contributed by atoms with van der Waals surface area (Å²) in [6.07, 6.45) is 1.83. The van der Waals surface area contributed by atoms with Gasteiger partial charge in [0.2, 0.25) is 5.91 Å². The second kappa shape index (κ2) is 5.54. The average molecular weight is 264 g/mol. The normalized spacial score (nSPS) is 22.8. The van der Waals surface area contributed by atoms with Crippen LogP contribution in [0.5, 0.6) is 0 Å². The molecule has 1 aromatic rings. The van der Waals surface area contributed by atoms with Crippen LogP contribution >= 0.6 is 12.6 Å². The second-order valence-electron chi connectivity index (χ2n) is 4.48. The molecule has 0 aliphatic carbocycles. The molecule has 1 fully saturated rings. The van der Waals surface area contributed by atoms with Crippen LogP contribution in [0.3, 0.4) is 0 Å². The number of carbonyl (C=O) groups excluding carboxylic acids is 2. The zero-order valence-corrected chi connectivity index (χ0v) is 11.0. The Morgan fingerprint density at radius 1 is 1.56 bits per heavy atom. The lowest BCUT2D eigenvalue weighted by molar-refractivity contribution is -0.114. The first-order chi connectivity index (χ1) is 8.61. The first kappa shape index (κ1) is 13.1. The molecule has 0 aromatic heterocycles. The van der Waals surface area contributed by atoms with Gasteiger partial charge in [0.05, 0.1) is 0 Å². The summed E-state index contributed by atoms with van der Waals surface area (Å²) in [5, 5.41) is 6.04. The van der Waals surface area contributed by atoms with E-state index in [-0.39, 0.29) is 17.9 Å². The van der Waals surface area contributed by atoms with Crippen molar-refractivity contribution < 1.29 is 9.59 Å². The van der Waals surface area contributed by atoms with Gasteiger partial charge in [0, 0.05) is 29.5 Å². The summed E-state index contributed by atoms with van der Waals surface area (Å²) in [5.74, 6) is -0.136. The molecule has 2 atom stereocenters. The fourth-order valence-electron chi connectivity index (χ4n) is 2.30. The van der Waals surface area contributed by atoms with E-state index < -0.39 is 0 Å². The van der Waals surface area contributed by atoms with E-state index >= 15 is 0 Å². The minimum absolute atomic E-state index is 0.0105. The van der Waals surface area contributed by atoms with Gasteiger partial charge in [0.25, 0.3) is 0 Å². The third-order valence-electron chi connectivity index (χ3n) is 3.13. The highest BCUT2D eigenvalue weighted by molar-refractivity contribution is 7.80. The summed E-state index contributed by atoms with van der Waals surface area (Å²) in [6.45, 7) is 2.29. The third-order valence-corrected chi connectivity index (χ3v) is 3.54. The smallest absolute Gasteiger partial charge is 0.221 e. The number of aldehydes is 1. The Kier molecular flexibility index (Phi) is 4.04. The Bertz CT molecular complexity index is 476. The van der Waals surface area contributed by atoms with E-state index in [1.165, 1.54) is 6.92 Å². The van der Waals surface area contributed by atoms with Crippen LogP contribution in [0.4, 0.5) is 5.69 Å². The lowest BCUT2D eigenvalue weighted by atomic mass is 9.95. The number of nitrogens with one attached hydrogen (secondary N) is 2. The van der Waals surface area contributed by atoms with Crippen LogP contribution in [0.1, 0.15) is 24.9 Å². The molecule has 4 nitrogen and oxygen atoms in total. The van der Waals surface area contributed by atoms with E-state index in [0.29, 0.717) is 0 Å². The van der Waals surface area contributed by atoms with Crippen molar-refractivity contribution in [1.29, 1.82) is 0 Å². The highest BCUT2D eigenvalue weighted by atomic mass is 32.1. The van der Waals surface area contributed by atoms with Gasteiger partial charge in [-0.1, -0.05) is 0 Å². The standard InChI is InChI=1S/C13H16N2O2S/c1-8(17)15-10-2-3-12(18)11(6-10)13-9(7-16)4-5-14-13/h2-3,6-7,9,13-14,18H,4-5H2,1H3,(H,15,17)/t9-,13-/m0/s1. The highest BCUT2D eigenvalue weighted by Crippen LogP contribution is 2.33. The Hall–Kier alpha value is -1.33. The second-order valence-corrected chi connectivity index (χ2v) is 4.96. The van der Waals surface area contributed by atoms with Gasteiger partial charge in [-0.25, -0.2) is 0 Å². The zero-order valence-electron chi connectivity index (χ0n) is 10.1. The number of hydrogen-bond acceptors (Lipinski definition) is 4. The van der Waals surface area contributed by atoms with Crippen molar-refractivity contribution in [2.75, 3.05) is 11.9 Å². The average Bonchev–Trinajstić information content (AvgIpc) is 2.79. The molecule has 0 bridgehead atoms. The van der Waals surface area contributed by atoms with Crippen molar-refractivity contribution in [3.8, 4) is 0 Å². The molecule has 1 heterocycles. The predicted molar refractivity (Wildman–Crippen MR) is 72.9 cm³/mol. The highest BCUT2D eigenvalue weighted by Gasteiger charge is 2.29. The summed E-state index contributed by atoms with van der Waals surface area (Å²) in [4.78, 5) is 22.9. The maximum atomic E-state index is 11.0. The Balaban J connectivity index is 2.30. The SMILES string of the molecule is CC(=O)Nc1ccc(S)c([C@H]2NCC[C@H]2C=O)c1. The number of benzene rings is 1. The van der Waals surface area contributed by atoms with Gasteiger partial charge < -0.3 is 15.4 Å². The maximum Gasteiger partial charge on any atom is 0.221 e. The van der Waals surface area contributed by atoms with Gasteiger partial charge in [-0.3, -0.25) is 4.79 Å². The number of carbonyl (C=O) groups is 2. The van der Waals surface area contributed by atoms with Crippen LogP contribution in [0.2, 0.25) is 0 Å². The Morgan fingerprint density at radius 3 is 3.00 bits per heavy atom. The maximum absolute atomic E-state index is 11.0. The Labute approximate surface area is 112 Å². The molecule has 5 heteroatoms. The van der Waals surface area contributed by atoms with Crippen LogP contribution in [0.25, 0.3) is 0 Å². The Morgan fingerprint density at radius 2 is 2.33 bits per heavy atom. The molecular formula is C13H16N2O2S. The summed E-state index contributed by atoms with van der Waals surface area (Å²) < 4.78 is 0. The predicted octanol–water partition coefficient (Wildman–Crippen LogP) is 1.78. The molecule has 1 aromatic carbocycles. The molecule has 2 N–H and O–H groups in total. The van der Waals surface area contributed by atoms with Gasteiger partial charge in [0.15, 0.2) is 0 Å². The fourth-order valence-corrected chi connectivity index (χ4v) is 2.57. The quantitative estimate of drug-likeness (QED) is 0.576. The number of rotatable bonds is 3. The monoisotopic (exact) mass is 264 g/mol. The topological polar surface area (TPSA) is 58.2 Å². The minimum Gasteiger partial charge on any atom is -0.326 e. The summed E-state index contributed by atoms with van der Waals surface area (Å²) >= 11 is 4.42. The molecule has 96 valence electrons. The van der Waals surface area contributed by atoms with Crippen molar-refractivity contribution in [2.24, 2.45) is 5.92 Å². The number of anilines is 1. The van der Waals surface area contributed by atoms with Crippen molar-refractivity contribution in [1.82, 2.24) is 5.32 Å². The van der Waals surface area contributed by atoms with Gasteiger partial charge in [-0.2, -0.15) is 0 Å². The summed E-state index contributed by atoms with van der Waals surface area (Å²) in [5.41, 5.74) is 1.69. The van der Waals surface area contributed by atoms with Gasteiger partial charge in [-0.05, 0) is 36.7 Å². The van der Waals surface area contributed by atoms with Crippen LogP contribution in [-0.4, -0.2) is 18.7 Å². The molecule has 0 unspecified atom stereocenters. The van der Waals surface area contributed by atoms with Crippen molar-refractivity contribution in [3.05, 3.63) is 23.8 Å². The molecule has 0 saturated carbocycles.